The smallest absolute Gasteiger partial charge is 0.410 e. The Labute approximate surface area is 130 Å². The minimum atomic E-state index is -3.58. The van der Waals surface area contributed by atoms with Gasteiger partial charge in [-0.25, -0.2) is 17.6 Å². The molecule has 0 aromatic heterocycles. The van der Waals surface area contributed by atoms with E-state index in [-0.39, 0.29) is 11.4 Å². The summed E-state index contributed by atoms with van der Waals surface area (Å²) < 4.78 is 43.2. The molecule has 5 nitrogen and oxygen atoms in total. The SMILES string of the molecule is CC(C)(C)OC(=O)N1CC[C@H](S(=O)(=O)c2ccc(F)cc2)C1. The molecule has 1 heterocycles. The molecule has 22 heavy (non-hydrogen) atoms. The number of hydrogen-bond donors (Lipinski definition) is 0. The van der Waals surface area contributed by atoms with Gasteiger partial charge >= 0.3 is 6.09 Å². The van der Waals surface area contributed by atoms with Crippen LogP contribution in [0.15, 0.2) is 29.2 Å². The number of nitrogens with zero attached hydrogens (tertiary/aromatic N) is 1. The van der Waals surface area contributed by atoms with E-state index in [0.29, 0.717) is 13.0 Å². The first kappa shape index (κ1) is 16.7. The molecule has 0 spiro atoms. The highest BCUT2D eigenvalue weighted by atomic mass is 32.2. The Hall–Kier alpha value is -1.63. The molecular formula is C15H20FNO4S. The number of carbonyl (C=O) groups excluding carboxylic acids is 1. The summed E-state index contributed by atoms with van der Waals surface area (Å²) in [5, 5.41) is -0.689. The number of halogens is 1. The van der Waals surface area contributed by atoms with Crippen LogP contribution in [0.4, 0.5) is 9.18 Å². The third kappa shape index (κ3) is 3.76. The highest BCUT2D eigenvalue weighted by Crippen LogP contribution is 2.25. The molecule has 0 N–H and O–H groups in total. The van der Waals surface area contributed by atoms with Gasteiger partial charge in [0.15, 0.2) is 9.84 Å². The van der Waals surface area contributed by atoms with Crippen LogP contribution in [0, 0.1) is 5.82 Å². The second-order valence-electron chi connectivity index (χ2n) is 6.34. The number of carbonyl (C=O) groups is 1. The molecule has 0 bridgehead atoms. The Morgan fingerprint density at radius 3 is 2.41 bits per heavy atom. The van der Waals surface area contributed by atoms with E-state index in [1.54, 1.807) is 20.8 Å². The van der Waals surface area contributed by atoms with Crippen molar-refractivity contribution in [2.45, 2.75) is 42.9 Å². The van der Waals surface area contributed by atoms with E-state index in [0.717, 1.165) is 12.1 Å². The van der Waals surface area contributed by atoms with Gasteiger partial charge in [-0.1, -0.05) is 0 Å². The fraction of sp³-hybridized carbons (Fsp3) is 0.533. The Kier molecular flexibility index (Phi) is 4.47. The first-order chi connectivity index (χ1) is 10.1. The average molecular weight is 329 g/mol. The lowest BCUT2D eigenvalue weighted by atomic mass is 10.2. The van der Waals surface area contributed by atoms with Crippen LogP contribution in [0.25, 0.3) is 0 Å². The summed E-state index contributed by atoms with van der Waals surface area (Å²) in [5.41, 5.74) is -0.620. The number of rotatable bonds is 2. The number of ether oxygens (including phenoxy) is 1. The zero-order valence-electron chi connectivity index (χ0n) is 12.9. The predicted molar refractivity (Wildman–Crippen MR) is 79.8 cm³/mol. The molecule has 1 amide bonds. The van der Waals surface area contributed by atoms with Gasteiger partial charge < -0.3 is 9.64 Å². The van der Waals surface area contributed by atoms with Gasteiger partial charge in [0, 0.05) is 13.1 Å². The molecule has 0 unspecified atom stereocenters. The van der Waals surface area contributed by atoms with Gasteiger partial charge in [0.1, 0.15) is 11.4 Å². The van der Waals surface area contributed by atoms with Gasteiger partial charge in [-0.3, -0.25) is 0 Å². The lowest BCUT2D eigenvalue weighted by Gasteiger charge is -2.24. The van der Waals surface area contributed by atoms with E-state index in [1.165, 1.54) is 17.0 Å². The topological polar surface area (TPSA) is 63.7 Å². The van der Waals surface area contributed by atoms with Crippen molar-refractivity contribution in [3.8, 4) is 0 Å². The number of hydrogen-bond acceptors (Lipinski definition) is 4. The second-order valence-corrected chi connectivity index (χ2v) is 8.56. The van der Waals surface area contributed by atoms with Crippen LogP contribution in [0.5, 0.6) is 0 Å². The first-order valence-corrected chi connectivity index (χ1v) is 8.61. The van der Waals surface area contributed by atoms with E-state index < -0.39 is 32.6 Å². The summed E-state index contributed by atoms with van der Waals surface area (Å²) in [7, 11) is -3.58. The number of amides is 1. The Bertz CT molecular complexity index is 649. The molecule has 1 aliphatic rings. The van der Waals surface area contributed by atoms with Crippen molar-refractivity contribution in [1.82, 2.24) is 4.90 Å². The summed E-state index contributed by atoms with van der Waals surface area (Å²) in [6, 6.07) is 4.74. The van der Waals surface area contributed by atoms with Crippen molar-refractivity contribution in [2.75, 3.05) is 13.1 Å². The monoisotopic (exact) mass is 329 g/mol. The van der Waals surface area contributed by atoms with Crippen LogP contribution in [0.3, 0.4) is 0 Å². The lowest BCUT2D eigenvalue weighted by Crippen LogP contribution is -2.36. The standard InChI is InChI=1S/C15H20FNO4S/c1-15(2,3)21-14(18)17-9-8-13(10-17)22(19,20)12-6-4-11(16)5-7-12/h4-7,13H,8-10H2,1-3H3/t13-/m0/s1. The molecule has 7 heteroatoms. The number of benzene rings is 1. The maximum absolute atomic E-state index is 12.9. The van der Waals surface area contributed by atoms with Gasteiger partial charge in [-0.15, -0.1) is 0 Å². The van der Waals surface area contributed by atoms with E-state index in [2.05, 4.69) is 0 Å². The van der Waals surface area contributed by atoms with Gasteiger partial charge in [-0.2, -0.15) is 0 Å². The molecular weight excluding hydrogens is 309 g/mol. The molecule has 0 aliphatic carbocycles. The molecule has 1 atom stereocenters. The van der Waals surface area contributed by atoms with Crippen LogP contribution in [-0.4, -0.2) is 43.4 Å². The van der Waals surface area contributed by atoms with Crippen LogP contribution >= 0.6 is 0 Å². The average Bonchev–Trinajstić information content (AvgIpc) is 2.87. The molecule has 0 radical (unpaired) electrons. The fourth-order valence-electron chi connectivity index (χ4n) is 2.29. The van der Waals surface area contributed by atoms with Crippen LogP contribution in [0.2, 0.25) is 0 Å². The number of likely N-dealkylation sites (tertiary alicyclic amines) is 1. The van der Waals surface area contributed by atoms with E-state index in [9.17, 15) is 17.6 Å². The summed E-state index contributed by atoms with van der Waals surface area (Å²) in [5.74, 6) is -0.485. The normalized spacial score (nSPS) is 19.3. The number of sulfone groups is 1. The third-order valence-electron chi connectivity index (χ3n) is 3.38. The van der Waals surface area contributed by atoms with Crippen molar-refractivity contribution >= 4 is 15.9 Å². The summed E-state index contributed by atoms with van der Waals surface area (Å²) in [4.78, 5) is 13.4. The molecule has 0 saturated carbocycles. The lowest BCUT2D eigenvalue weighted by molar-refractivity contribution is 0.0295. The zero-order chi connectivity index (χ0) is 16.5. The molecule has 1 aromatic rings. The van der Waals surface area contributed by atoms with E-state index in [1.807, 2.05) is 0 Å². The first-order valence-electron chi connectivity index (χ1n) is 7.07. The third-order valence-corrected chi connectivity index (χ3v) is 5.57. The minimum Gasteiger partial charge on any atom is -0.444 e. The van der Waals surface area contributed by atoms with Gasteiger partial charge in [0.05, 0.1) is 10.1 Å². The van der Waals surface area contributed by atoms with Crippen LogP contribution in [0.1, 0.15) is 27.2 Å². The molecule has 122 valence electrons. The molecule has 2 rings (SSSR count). The van der Waals surface area contributed by atoms with Gasteiger partial charge in [-0.05, 0) is 51.5 Å². The molecule has 1 aromatic carbocycles. The molecule has 1 saturated heterocycles. The summed E-state index contributed by atoms with van der Waals surface area (Å²) in [6.07, 6.45) is -0.164. The molecule has 1 fully saturated rings. The Balaban J connectivity index is 2.09. The van der Waals surface area contributed by atoms with Crippen LogP contribution < -0.4 is 0 Å². The fourth-order valence-corrected chi connectivity index (χ4v) is 3.98. The minimum absolute atomic E-state index is 0.0740. The second kappa shape index (κ2) is 5.87. The van der Waals surface area contributed by atoms with E-state index in [4.69, 9.17) is 4.74 Å². The summed E-state index contributed by atoms with van der Waals surface area (Å²) >= 11 is 0. The van der Waals surface area contributed by atoms with Crippen molar-refractivity contribution in [1.29, 1.82) is 0 Å². The Morgan fingerprint density at radius 2 is 1.86 bits per heavy atom. The molecule has 1 aliphatic heterocycles. The quantitative estimate of drug-likeness (QED) is 0.783. The van der Waals surface area contributed by atoms with Gasteiger partial charge in [0.2, 0.25) is 0 Å². The largest absolute Gasteiger partial charge is 0.444 e. The maximum Gasteiger partial charge on any atom is 0.410 e. The Morgan fingerprint density at radius 1 is 1.27 bits per heavy atom. The van der Waals surface area contributed by atoms with E-state index >= 15 is 0 Å². The van der Waals surface area contributed by atoms with Crippen LogP contribution in [-0.2, 0) is 14.6 Å². The maximum atomic E-state index is 12.9. The van der Waals surface area contributed by atoms with Gasteiger partial charge in [0.25, 0.3) is 0 Å². The van der Waals surface area contributed by atoms with Crippen molar-refractivity contribution in [2.24, 2.45) is 0 Å². The van der Waals surface area contributed by atoms with Crippen molar-refractivity contribution in [3.05, 3.63) is 30.1 Å². The predicted octanol–water partition coefficient (Wildman–Crippen LogP) is 2.61. The highest BCUT2D eigenvalue weighted by molar-refractivity contribution is 7.92. The highest BCUT2D eigenvalue weighted by Gasteiger charge is 2.37. The summed E-state index contributed by atoms with van der Waals surface area (Å²) in [6.45, 7) is 5.70. The zero-order valence-corrected chi connectivity index (χ0v) is 13.7. The van der Waals surface area contributed by atoms with Crippen molar-refractivity contribution in [3.63, 3.8) is 0 Å². The van der Waals surface area contributed by atoms with Crippen molar-refractivity contribution < 1.29 is 22.3 Å².